The Hall–Kier alpha value is -1.79. The molecule has 1 N–H and O–H groups in total. The molecule has 5 atom stereocenters. The fourth-order valence-electron chi connectivity index (χ4n) is 6.24. The minimum atomic E-state index is 0.00479. The van der Waals surface area contributed by atoms with Crippen LogP contribution >= 0.6 is 0 Å². The van der Waals surface area contributed by atoms with Crippen LogP contribution in [0, 0.1) is 29.6 Å². The molecule has 2 fully saturated rings. The molecule has 1 aromatic rings. The van der Waals surface area contributed by atoms with Gasteiger partial charge in [-0.3, -0.25) is 9.69 Å². The normalized spacial score (nSPS) is 29.8. The highest BCUT2D eigenvalue weighted by molar-refractivity contribution is 5.73. The summed E-state index contributed by atoms with van der Waals surface area (Å²) in [5.41, 5.74) is 2.71. The zero-order valence-electron chi connectivity index (χ0n) is 21.1. The Morgan fingerprint density at radius 1 is 1.18 bits per heavy atom. The molecule has 3 heterocycles. The number of hydrogen-bond donors (Lipinski definition) is 1. The van der Waals surface area contributed by atoms with Crippen molar-refractivity contribution in [3.8, 4) is 11.5 Å². The lowest BCUT2D eigenvalue weighted by molar-refractivity contribution is -0.154. The van der Waals surface area contributed by atoms with Crippen molar-refractivity contribution in [1.82, 2.24) is 10.2 Å². The molecule has 1 aromatic carbocycles. The fraction of sp³-hybridized carbons (Fsp3) is 0.741. The van der Waals surface area contributed by atoms with Gasteiger partial charge in [0.25, 0.3) is 0 Å². The second kappa shape index (κ2) is 10.6. The molecule has 0 bridgehead atoms. The van der Waals surface area contributed by atoms with Crippen LogP contribution < -0.4 is 14.8 Å². The SMILES string of the molecule is COc1cc2c(cc1OC)[C@H]1C[C@@H](COC(=O)C3CCNCC3C)[C@H](CC(C)C)CN1CC2. The molecule has 0 aromatic heterocycles. The van der Waals surface area contributed by atoms with Gasteiger partial charge in [-0.2, -0.15) is 0 Å². The molecular formula is C27H42N2O4. The van der Waals surface area contributed by atoms with Gasteiger partial charge in [0, 0.05) is 19.1 Å². The van der Waals surface area contributed by atoms with Gasteiger partial charge in [0.2, 0.25) is 0 Å². The molecule has 33 heavy (non-hydrogen) atoms. The maximum absolute atomic E-state index is 12.9. The van der Waals surface area contributed by atoms with Crippen LogP contribution in [0.5, 0.6) is 11.5 Å². The van der Waals surface area contributed by atoms with E-state index in [2.05, 4.69) is 43.1 Å². The predicted molar refractivity (Wildman–Crippen MR) is 130 cm³/mol. The number of ether oxygens (including phenoxy) is 3. The molecule has 0 radical (unpaired) electrons. The number of nitrogens with zero attached hydrogens (tertiary/aromatic N) is 1. The van der Waals surface area contributed by atoms with Crippen molar-refractivity contribution < 1.29 is 19.0 Å². The van der Waals surface area contributed by atoms with E-state index in [1.165, 1.54) is 17.5 Å². The number of carbonyl (C=O) groups excluding carboxylic acids is 1. The van der Waals surface area contributed by atoms with Crippen molar-refractivity contribution in [2.24, 2.45) is 29.6 Å². The molecule has 2 saturated heterocycles. The molecule has 6 heteroatoms. The zero-order chi connectivity index (χ0) is 23.5. The summed E-state index contributed by atoms with van der Waals surface area (Å²) in [4.78, 5) is 15.6. The number of carbonyl (C=O) groups is 1. The molecule has 184 valence electrons. The van der Waals surface area contributed by atoms with Gasteiger partial charge in [-0.15, -0.1) is 0 Å². The number of hydrogen-bond acceptors (Lipinski definition) is 6. The fourth-order valence-corrected chi connectivity index (χ4v) is 6.24. The van der Waals surface area contributed by atoms with E-state index < -0.39 is 0 Å². The third-order valence-corrected chi connectivity index (χ3v) is 8.08. The molecule has 3 aliphatic heterocycles. The Morgan fingerprint density at radius 2 is 1.94 bits per heavy atom. The highest BCUT2D eigenvalue weighted by Crippen LogP contribution is 2.45. The Bertz CT molecular complexity index is 827. The van der Waals surface area contributed by atoms with Crippen LogP contribution in [0.15, 0.2) is 12.1 Å². The number of benzene rings is 1. The lowest BCUT2D eigenvalue weighted by atomic mass is 9.74. The standard InChI is InChI=1S/C27H42N2O4/c1-17(2)10-20-15-29-9-7-19-12-25(31-4)26(32-5)13-23(19)24(29)11-21(20)16-33-27(30)22-6-8-28-14-18(22)3/h12-13,17-18,20-22,24,28H,6-11,14-16H2,1-5H3/t18?,20-,21+,22?,24-/m1/s1. The average Bonchev–Trinajstić information content (AvgIpc) is 2.81. The highest BCUT2D eigenvalue weighted by atomic mass is 16.5. The molecule has 3 aliphatic rings. The molecule has 6 nitrogen and oxygen atoms in total. The number of piperidine rings is 2. The van der Waals surface area contributed by atoms with Crippen molar-refractivity contribution in [1.29, 1.82) is 0 Å². The maximum atomic E-state index is 12.9. The second-order valence-corrected chi connectivity index (χ2v) is 10.8. The van der Waals surface area contributed by atoms with Gasteiger partial charge < -0.3 is 19.5 Å². The number of methoxy groups -OCH3 is 2. The zero-order valence-corrected chi connectivity index (χ0v) is 21.1. The van der Waals surface area contributed by atoms with E-state index in [9.17, 15) is 4.79 Å². The third-order valence-electron chi connectivity index (χ3n) is 8.08. The summed E-state index contributed by atoms with van der Waals surface area (Å²) >= 11 is 0. The first-order valence-electron chi connectivity index (χ1n) is 12.8. The van der Waals surface area contributed by atoms with E-state index in [0.29, 0.717) is 36.3 Å². The van der Waals surface area contributed by atoms with Crippen LogP contribution in [-0.4, -0.2) is 57.9 Å². The predicted octanol–water partition coefficient (Wildman–Crippen LogP) is 4.07. The number of nitrogens with one attached hydrogen (secondary N) is 1. The molecule has 0 spiro atoms. The summed E-state index contributed by atoms with van der Waals surface area (Å²) < 4.78 is 17.2. The van der Waals surface area contributed by atoms with Gasteiger partial charge in [-0.05, 0) is 85.7 Å². The van der Waals surface area contributed by atoms with Crippen molar-refractivity contribution >= 4 is 5.97 Å². The summed E-state index contributed by atoms with van der Waals surface area (Å²) in [7, 11) is 3.40. The Kier molecular flexibility index (Phi) is 7.85. The van der Waals surface area contributed by atoms with E-state index in [4.69, 9.17) is 14.2 Å². The Morgan fingerprint density at radius 3 is 2.64 bits per heavy atom. The molecule has 0 amide bonds. The van der Waals surface area contributed by atoms with Gasteiger partial charge >= 0.3 is 5.97 Å². The molecular weight excluding hydrogens is 416 g/mol. The minimum Gasteiger partial charge on any atom is -0.493 e. The lowest BCUT2D eigenvalue weighted by Gasteiger charge is -2.47. The van der Waals surface area contributed by atoms with Crippen LogP contribution in [0.4, 0.5) is 0 Å². The van der Waals surface area contributed by atoms with E-state index in [1.807, 2.05) is 0 Å². The van der Waals surface area contributed by atoms with E-state index in [1.54, 1.807) is 14.2 Å². The van der Waals surface area contributed by atoms with E-state index >= 15 is 0 Å². The molecule has 0 aliphatic carbocycles. The smallest absolute Gasteiger partial charge is 0.309 e. The van der Waals surface area contributed by atoms with Crippen LogP contribution in [0.25, 0.3) is 0 Å². The maximum Gasteiger partial charge on any atom is 0.309 e. The summed E-state index contributed by atoms with van der Waals surface area (Å²) in [6.45, 7) is 11.2. The number of fused-ring (bicyclic) bond motifs is 3. The topological polar surface area (TPSA) is 60.0 Å². The van der Waals surface area contributed by atoms with Crippen LogP contribution in [0.1, 0.15) is 57.2 Å². The molecule has 2 unspecified atom stereocenters. The van der Waals surface area contributed by atoms with Gasteiger partial charge in [-0.25, -0.2) is 0 Å². The summed E-state index contributed by atoms with van der Waals surface area (Å²) in [6.07, 6.45) is 4.11. The molecule has 0 saturated carbocycles. The van der Waals surface area contributed by atoms with Crippen LogP contribution in [0.2, 0.25) is 0 Å². The second-order valence-electron chi connectivity index (χ2n) is 10.8. The molecule has 4 rings (SSSR count). The first-order valence-corrected chi connectivity index (χ1v) is 12.8. The number of esters is 1. The Labute approximate surface area is 199 Å². The first-order chi connectivity index (χ1) is 15.9. The monoisotopic (exact) mass is 458 g/mol. The Balaban J connectivity index is 1.51. The van der Waals surface area contributed by atoms with Crippen molar-refractivity contribution in [2.75, 3.05) is 47.0 Å². The largest absolute Gasteiger partial charge is 0.493 e. The van der Waals surface area contributed by atoms with Crippen molar-refractivity contribution in [3.05, 3.63) is 23.3 Å². The first kappa shape index (κ1) is 24.3. The van der Waals surface area contributed by atoms with E-state index in [0.717, 1.165) is 56.9 Å². The summed E-state index contributed by atoms with van der Waals surface area (Å²) in [5.74, 6) is 3.55. The van der Waals surface area contributed by atoms with Crippen LogP contribution in [-0.2, 0) is 16.0 Å². The minimum absolute atomic E-state index is 0.00479. The summed E-state index contributed by atoms with van der Waals surface area (Å²) in [5, 5.41) is 3.38. The average molecular weight is 459 g/mol. The lowest BCUT2D eigenvalue weighted by Crippen LogP contribution is -2.47. The number of rotatable bonds is 7. The summed E-state index contributed by atoms with van der Waals surface area (Å²) in [6, 6.07) is 4.67. The van der Waals surface area contributed by atoms with Gasteiger partial charge in [0.05, 0.1) is 26.7 Å². The van der Waals surface area contributed by atoms with Crippen LogP contribution in [0.3, 0.4) is 0 Å². The highest BCUT2D eigenvalue weighted by Gasteiger charge is 2.40. The van der Waals surface area contributed by atoms with Gasteiger partial charge in [-0.1, -0.05) is 20.8 Å². The quantitative estimate of drug-likeness (QED) is 0.622. The van der Waals surface area contributed by atoms with Gasteiger partial charge in [0.1, 0.15) is 0 Å². The van der Waals surface area contributed by atoms with Gasteiger partial charge in [0.15, 0.2) is 11.5 Å². The van der Waals surface area contributed by atoms with Crippen molar-refractivity contribution in [2.45, 2.75) is 52.5 Å². The van der Waals surface area contributed by atoms with E-state index in [-0.39, 0.29) is 11.9 Å². The third kappa shape index (κ3) is 5.32. The van der Waals surface area contributed by atoms with Crippen molar-refractivity contribution in [3.63, 3.8) is 0 Å².